The average Bonchev–Trinajstić information content (AvgIpc) is 3.13. The quantitative estimate of drug-likeness (QED) is 0.702. The Kier molecular flexibility index (Phi) is 8.44. The Hall–Kier alpha value is -0.570. The van der Waals surface area contributed by atoms with Crippen molar-refractivity contribution in [1.82, 2.24) is 10.0 Å². The van der Waals surface area contributed by atoms with Crippen molar-refractivity contribution in [3.05, 3.63) is 23.2 Å². The fourth-order valence-electron chi connectivity index (χ4n) is 3.14. The first-order chi connectivity index (χ1) is 12.0. The Morgan fingerprint density at radius 1 is 1.31 bits per heavy atom. The highest BCUT2D eigenvalue weighted by Crippen LogP contribution is 2.28. The van der Waals surface area contributed by atoms with Crippen LogP contribution in [0.2, 0.25) is 5.02 Å². The summed E-state index contributed by atoms with van der Waals surface area (Å²) >= 11 is 6.02. The maximum absolute atomic E-state index is 12.7. The van der Waals surface area contributed by atoms with E-state index < -0.39 is 10.0 Å². The van der Waals surface area contributed by atoms with Gasteiger partial charge in [-0.05, 0) is 56.5 Å². The molecule has 26 heavy (non-hydrogen) atoms. The Morgan fingerprint density at radius 2 is 2.15 bits per heavy atom. The van der Waals surface area contributed by atoms with Gasteiger partial charge in [0.05, 0.1) is 13.2 Å². The molecule has 3 rings (SSSR count). The third kappa shape index (κ3) is 5.97. The second-order valence-electron chi connectivity index (χ2n) is 6.70. The van der Waals surface area contributed by atoms with Crippen LogP contribution in [0.3, 0.4) is 0 Å². The van der Waals surface area contributed by atoms with Crippen LogP contribution >= 0.6 is 24.0 Å². The molecule has 2 aliphatic rings. The molecule has 148 valence electrons. The van der Waals surface area contributed by atoms with Crippen LogP contribution in [0.15, 0.2) is 23.1 Å². The molecule has 1 aromatic rings. The summed E-state index contributed by atoms with van der Waals surface area (Å²) in [6.07, 6.45) is 3.03. The molecule has 0 spiro atoms. The zero-order chi connectivity index (χ0) is 17.7. The minimum Gasteiger partial charge on any atom is -0.492 e. The SMILES string of the molecule is Cl.O=S(=O)(NCC1CCCNC1)c1cc(Cl)ccc1OCC1CCOC1. The summed E-state index contributed by atoms with van der Waals surface area (Å²) in [5.74, 6) is 0.945. The first-order valence-electron chi connectivity index (χ1n) is 8.75. The molecule has 2 aliphatic heterocycles. The van der Waals surface area contributed by atoms with Crippen molar-refractivity contribution >= 4 is 34.0 Å². The molecule has 9 heteroatoms. The Labute approximate surface area is 166 Å². The van der Waals surface area contributed by atoms with Crippen LogP contribution in [-0.2, 0) is 14.8 Å². The van der Waals surface area contributed by atoms with Crippen molar-refractivity contribution in [2.45, 2.75) is 24.2 Å². The molecule has 0 bridgehead atoms. The van der Waals surface area contributed by atoms with E-state index in [0.717, 1.165) is 39.0 Å². The maximum atomic E-state index is 12.7. The second-order valence-corrected chi connectivity index (χ2v) is 8.87. The van der Waals surface area contributed by atoms with Gasteiger partial charge in [-0.2, -0.15) is 0 Å². The summed E-state index contributed by atoms with van der Waals surface area (Å²) in [4.78, 5) is 0.0997. The standard InChI is InChI=1S/C17H25ClN2O4S.ClH/c18-15-3-4-16(24-12-14-5-7-23-11-14)17(8-15)25(21,22)20-10-13-2-1-6-19-9-13;/h3-4,8,13-14,19-20H,1-2,5-7,9-12H2;1H. The van der Waals surface area contributed by atoms with E-state index in [4.69, 9.17) is 21.1 Å². The number of benzene rings is 1. The molecule has 0 saturated carbocycles. The van der Waals surface area contributed by atoms with Gasteiger partial charge in [0.25, 0.3) is 0 Å². The summed E-state index contributed by atoms with van der Waals surface area (Å²) in [6, 6.07) is 4.71. The summed E-state index contributed by atoms with van der Waals surface area (Å²) in [7, 11) is -3.68. The van der Waals surface area contributed by atoms with Crippen LogP contribution in [0.1, 0.15) is 19.3 Å². The third-order valence-corrected chi connectivity index (χ3v) is 6.33. The summed E-state index contributed by atoms with van der Waals surface area (Å²) in [6.45, 7) is 4.08. The number of piperidine rings is 1. The number of hydrogen-bond donors (Lipinski definition) is 2. The molecular weight excluding hydrogens is 399 g/mol. The number of halogens is 2. The lowest BCUT2D eigenvalue weighted by Crippen LogP contribution is -2.38. The van der Waals surface area contributed by atoms with Gasteiger partial charge in [0, 0.05) is 24.1 Å². The Morgan fingerprint density at radius 3 is 2.85 bits per heavy atom. The van der Waals surface area contributed by atoms with E-state index in [1.54, 1.807) is 12.1 Å². The Balaban J connectivity index is 0.00000243. The minimum absolute atomic E-state index is 0. The molecule has 2 N–H and O–H groups in total. The van der Waals surface area contributed by atoms with Crippen LogP contribution < -0.4 is 14.8 Å². The van der Waals surface area contributed by atoms with E-state index in [1.165, 1.54) is 6.07 Å². The lowest BCUT2D eigenvalue weighted by Gasteiger charge is -2.23. The van der Waals surface area contributed by atoms with Crippen molar-refractivity contribution in [3.8, 4) is 5.75 Å². The van der Waals surface area contributed by atoms with Crippen LogP contribution in [0.5, 0.6) is 5.75 Å². The zero-order valence-electron chi connectivity index (χ0n) is 14.6. The van der Waals surface area contributed by atoms with Gasteiger partial charge in [-0.15, -0.1) is 12.4 Å². The van der Waals surface area contributed by atoms with Gasteiger partial charge in [0.1, 0.15) is 10.6 Å². The van der Waals surface area contributed by atoms with E-state index in [9.17, 15) is 8.42 Å². The highest BCUT2D eigenvalue weighted by molar-refractivity contribution is 7.89. The van der Waals surface area contributed by atoms with E-state index >= 15 is 0 Å². The van der Waals surface area contributed by atoms with Gasteiger partial charge in [0.15, 0.2) is 0 Å². The number of nitrogens with one attached hydrogen (secondary N) is 2. The maximum Gasteiger partial charge on any atom is 0.244 e. The summed E-state index contributed by atoms with van der Waals surface area (Å²) in [5, 5.41) is 3.66. The van der Waals surface area contributed by atoms with Crippen molar-refractivity contribution in [1.29, 1.82) is 0 Å². The third-order valence-electron chi connectivity index (χ3n) is 4.65. The Bertz CT molecular complexity index is 675. The summed E-state index contributed by atoms with van der Waals surface area (Å²) < 4.78 is 39.3. The largest absolute Gasteiger partial charge is 0.492 e. The van der Waals surface area contributed by atoms with E-state index in [2.05, 4.69) is 10.0 Å². The normalized spacial score (nSPS) is 23.4. The van der Waals surface area contributed by atoms with Crippen molar-refractivity contribution < 1.29 is 17.9 Å². The minimum atomic E-state index is -3.68. The lowest BCUT2D eigenvalue weighted by molar-refractivity contribution is 0.166. The predicted molar refractivity (Wildman–Crippen MR) is 104 cm³/mol. The molecule has 2 atom stereocenters. The molecule has 0 amide bonds. The fourth-order valence-corrected chi connectivity index (χ4v) is 4.66. The monoisotopic (exact) mass is 424 g/mol. The number of ether oxygens (including phenoxy) is 2. The number of sulfonamides is 1. The highest BCUT2D eigenvalue weighted by Gasteiger charge is 2.24. The average molecular weight is 425 g/mol. The van der Waals surface area contributed by atoms with E-state index in [1.807, 2.05) is 0 Å². The molecule has 0 radical (unpaired) electrons. The smallest absolute Gasteiger partial charge is 0.244 e. The van der Waals surface area contributed by atoms with Crippen molar-refractivity contribution in [2.75, 3.05) is 39.5 Å². The predicted octanol–water partition coefficient (Wildman–Crippen LogP) is 2.46. The van der Waals surface area contributed by atoms with Gasteiger partial charge >= 0.3 is 0 Å². The molecule has 1 aromatic carbocycles. The number of hydrogen-bond acceptors (Lipinski definition) is 5. The summed E-state index contributed by atoms with van der Waals surface area (Å²) in [5.41, 5.74) is 0. The molecule has 2 saturated heterocycles. The second kappa shape index (κ2) is 10.1. The lowest BCUT2D eigenvalue weighted by atomic mass is 10.0. The van der Waals surface area contributed by atoms with Gasteiger partial charge in [-0.25, -0.2) is 13.1 Å². The topological polar surface area (TPSA) is 76.7 Å². The molecule has 2 heterocycles. The number of rotatable bonds is 7. The van der Waals surface area contributed by atoms with Crippen LogP contribution in [0, 0.1) is 11.8 Å². The van der Waals surface area contributed by atoms with E-state index in [0.29, 0.717) is 42.4 Å². The van der Waals surface area contributed by atoms with Crippen LogP contribution in [0.4, 0.5) is 0 Å². The van der Waals surface area contributed by atoms with E-state index in [-0.39, 0.29) is 17.3 Å². The molecule has 0 aromatic heterocycles. The molecule has 2 fully saturated rings. The van der Waals surface area contributed by atoms with Crippen molar-refractivity contribution in [2.24, 2.45) is 11.8 Å². The molecule has 6 nitrogen and oxygen atoms in total. The highest BCUT2D eigenvalue weighted by atomic mass is 35.5. The van der Waals surface area contributed by atoms with Crippen molar-refractivity contribution in [3.63, 3.8) is 0 Å². The molecule has 0 aliphatic carbocycles. The van der Waals surface area contributed by atoms with Gasteiger partial charge in [0.2, 0.25) is 10.0 Å². The van der Waals surface area contributed by atoms with Crippen LogP contribution in [0.25, 0.3) is 0 Å². The van der Waals surface area contributed by atoms with Gasteiger partial charge in [-0.3, -0.25) is 0 Å². The van der Waals surface area contributed by atoms with Gasteiger partial charge < -0.3 is 14.8 Å². The first-order valence-corrected chi connectivity index (χ1v) is 10.6. The molecule has 2 unspecified atom stereocenters. The molecular formula is C17H26Cl2N2O4S. The van der Waals surface area contributed by atoms with Gasteiger partial charge in [-0.1, -0.05) is 11.6 Å². The van der Waals surface area contributed by atoms with Crippen LogP contribution in [-0.4, -0.2) is 47.9 Å². The zero-order valence-corrected chi connectivity index (χ0v) is 17.0. The first kappa shape index (κ1) is 21.7. The fraction of sp³-hybridized carbons (Fsp3) is 0.647.